The fourth-order valence-electron chi connectivity index (χ4n) is 3.41. The van der Waals surface area contributed by atoms with Gasteiger partial charge in [0.25, 0.3) is 5.91 Å². The molecular formula is C18H19N3O2. The van der Waals surface area contributed by atoms with Crippen LogP contribution >= 0.6 is 0 Å². The van der Waals surface area contributed by atoms with Gasteiger partial charge in [0.05, 0.1) is 6.04 Å². The first-order valence-corrected chi connectivity index (χ1v) is 7.96. The second-order valence-corrected chi connectivity index (χ2v) is 6.16. The number of carbonyl (C=O) groups excluding carboxylic acids is 1. The van der Waals surface area contributed by atoms with Gasteiger partial charge in [-0.3, -0.25) is 4.79 Å². The first-order valence-electron chi connectivity index (χ1n) is 7.96. The van der Waals surface area contributed by atoms with Crippen LogP contribution in [0.15, 0.2) is 34.9 Å². The standard InChI is InChI=1S/C18H19N3O2/c1-11-10-19-17(20-11)14-7-5-9-21(14)18(22)16-12(2)13-6-3-4-8-15(13)23-16/h3-4,6,8,10,14H,5,7,9H2,1-2H3,(H,19,20). The van der Waals surface area contributed by atoms with E-state index in [1.165, 1.54) is 0 Å². The van der Waals surface area contributed by atoms with Gasteiger partial charge < -0.3 is 14.3 Å². The highest BCUT2D eigenvalue weighted by atomic mass is 16.3. The lowest BCUT2D eigenvalue weighted by molar-refractivity contribution is 0.0699. The number of H-pyrrole nitrogens is 1. The molecule has 1 aliphatic heterocycles. The van der Waals surface area contributed by atoms with Gasteiger partial charge in [0, 0.05) is 29.4 Å². The minimum atomic E-state index is -0.0461. The summed E-state index contributed by atoms with van der Waals surface area (Å²) in [6, 6.07) is 7.77. The maximum Gasteiger partial charge on any atom is 0.290 e. The third-order valence-corrected chi connectivity index (χ3v) is 4.59. The zero-order valence-electron chi connectivity index (χ0n) is 13.3. The maximum absolute atomic E-state index is 13.0. The Balaban J connectivity index is 1.71. The number of furan rings is 1. The van der Waals surface area contributed by atoms with Crippen molar-refractivity contribution in [2.75, 3.05) is 6.54 Å². The van der Waals surface area contributed by atoms with Gasteiger partial charge in [0.2, 0.25) is 0 Å². The second-order valence-electron chi connectivity index (χ2n) is 6.16. The number of carbonyl (C=O) groups is 1. The van der Waals surface area contributed by atoms with E-state index in [0.717, 1.165) is 47.4 Å². The fourth-order valence-corrected chi connectivity index (χ4v) is 3.41. The van der Waals surface area contributed by atoms with Crippen LogP contribution < -0.4 is 0 Å². The smallest absolute Gasteiger partial charge is 0.290 e. The molecule has 5 nitrogen and oxygen atoms in total. The molecule has 5 heteroatoms. The van der Waals surface area contributed by atoms with Gasteiger partial charge in [0.15, 0.2) is 5.76 Å². The number of imidazole rings is 1. The number of aryl methyl sites for hydroxylation is 2. The molecular weight excluding hydrogens is 290 g/mol. The number of aromatic nitrogens is 2. The lowest BCUT2D eigenvalue weighted by Crippen LogP contribution is -2.31. The average molecular weight is 309 g/mol. The van der Waals surface area contributed by atoms with Crippen LogP contribution in [0, 0.1) is 13.8 Å². The highest BCUT2D eigenvalue weighted by Gasteiger charge is 2.34. The summed E-state index contributed by atoms with van der Waals surface area (Å²) in [6.45, 7) is 4.65. The van der Waals surface area contributed by atoms with Crippen molar-refractivity contribution in [3.05, 3.63) is 53.3 Å². The van der Waals surface area contributed by atoms with Crippen molar-refractivity contribution in [2.24, 2.45) is 0 Å². The van der Waals surface area contributed by atoms with E-state index in [0.29, 0.717) is 5.76 Å². The van der Waals surface area contributed by atoms with E-state index < -0.39 is 0 Å². The number of para-hydroxylation sites is 1. The van der Waals surface area contributed by atoms with E-state index in [4.69, 9.17) is 4.42 Å². The Morgan fingerprint density at radius 1 is 1.35 bits per heavy atom. The number of benzene rings is 1. The Hall–Kier alpha value is -2.56. The second kappa shape index (κ2) is 5.26. The summed E-state index contributed by atoms with van der Waals surface area (Å²) in [5.74, 6) is 1.26. The number of nitrogens with one attached hydrogen (secondary N) is 1. The molecule has 1 fully saturated rings. The molecule has 1 saturated heterocycles. The summed E-state index contributed by atoms with van der Waals surface area (Å²) in [6.07, 6.45) is 3.72. The van der Waals surface area contributed by atoms with Crippen LogP contribution in [-0.2, 0) is 0 Å². The van der Waals surface area contributed by atoms with Crippen LogP contribution in [0.25, 0.3) is 11.0 Å². The van der Waals surface area contributed by atoms with E-state index in [-0.39, 0.29) is 11.9 Å². The predicted octanol–water partition coefficient (Wildman–Crippen LogP) is 3.75. The maximum atomic E-state index is 13.0. The van der Waals surface area contributed by atoms with E-state index in [1.54, 1.807) is 0 Å². The monoisotopic (exact) mass is 309 g/mol. The highest BCUT2D eigenvalue weighted by molar-refractivity contribution is 5.99. The largest absolute Gasteiger partial charge is 0.451 e. The zero-order chi connectivity index (χ0) is 16.0. The van der Waals surface area contributed by atoms with Crippen LogP contribution in [0.2, 0.25) is 0 Å². The predicted molar refractivity (Wildman–Crippen MR) is 87.3 cm³/mol. The molecule has 0 bridgehead atoms. The number of hydrogen-bond acceptors (Lipinski definition) is 3. The number of fused-ring (bicyclic) bond motifs is 1. The Kier molecular flexibility index (Phi) is 3.22. The Bertz CT molecular complexity index is 877. The average Bonchev–Trinajstić information content (AvgIpc) is 3.26. The number of likely N-dealkylation sites (tertiary alicyclic amines) is 1. The van der Waals surface area contributed by atoms with Gasteiger partial charge >= 0.3 is 0 Å². The first kappa shape index (κ1) is 14.1. The summed E-state index contributed by atoms with van der Waals surface area (Å²) in [7, 11) is 0. The van der Waals surface area contributed by atoms with Gasteiger partial charge in [-0.15, -0.1) is 0 Å². The summed E-state index contributed by atoms with van der Waals surface area (Å²) < 4.78 is 5.84. The Morgan fingerprint density at radius 2 is 2.17 bits per heavy atom. The molecule has 1 aliphatic rings. The number of rotatable bonds is 2. The van der Waals surface area contributed by atoms with Gasteiger partial charge in [-0.1, -0.05) is 18.2 Å². The van der Waals surface area contributed by atoms with Crippen molar-refractivity contribution in [1.82, 2.24) is 14.9 Å². The van der Waals surface area contributed by atoms with Crippen LogP contribution in [-0.4, -0.2) is 27.3 Å². The van der Waals surface area contributed by atoms with Crippen molar-refractivity contribution in [1.29, 1.82) is 0 Å². The molecule has 3 aromatic rings. The topological polar surface area (TPSA) is 62.1 Å². The van der Waals surface area contributed by atoms with E-state index in [2.05, 4.69) is 9.97 Å². The quantitative estimate of drug-likeness (QED) is 0.784. The minimum Gasteiger partial charge on any atom is -0.451 e. The Morgan fingerprint density at radius 3 is 2.91 bits per heavy atom. The molecule has 1 unspecified atom stereocenters. The van der Waals surface area contributed by atoms with Crippen LogP contribution in [0.1, 0.15) is 46.5 Å². The van der Waals surface area contributed by atoms with Crippen molar-refractivity contribution < 1.29 is 9.21 Å². The first-order chi connectivity index (χ1) is 11.1. The summed E-state index contributed by atoms with van der Waals surface area (Å²) in [5.41, 5.74) is 2.68. The van der Waals surface area contributed by atoms with Gasteiger partial charge in [-0.25, -0.2) is 4.98 Å². The van der Waals surface area contributed by atoms with Crippen molar-refractivity contribution in [2.45, 2.75) is 32.7 Å². The molecule has 1 aromatic carbocycles. The van der Waals surface area contributed by atoms with Crippen LogP contribution in [0.5, 0.6) is 0 Å². The molecule has 0 radical (unpaired) electrons. The van der Waals surface area contributed by atoms with Gasteiger partial charge in [-0.05, 0) is 32.8 Å². The molecule has 1 atom stereocenters. The molecule has 0 aliphatic carbocycles. The molecule has 0 saturated carbocycles. The summed E-state index contributed by atoms with van der Waals surface area (Å²) in [4.78, 5) is 22.6. The molecule has 118 valence electrons. The lowest BCUT2D eigenvalue weighted by atomic mass is 10.1. The van der Waals surface area contributed by atoms with Crippen molar-refractivity contribution >= 4 is 16.9 Å². The van der Waals surface area contributed by atoms with Gasteiger partial charge in [-0.2, -0.15) is 0 Å². The van der Waals surface area contributed by atoms with Crippen LogP contribution in [0.3, 0.4) is 0 Å². The molecule has 0 spiro atoms. The third-order valence-electron chi connectivity index (χ3n) is 4.59. The zero-order valence-corrected chi connectivity index (χ0v) is 13.3. The summed E-state index contributed by atoms with van der Waals surface area (Å²) >= 11 is 0. The highest BCUT2D eigenvalue weighted by Crippen LogP contribution is 2.34. The molecule has 3 heterocycles. The Labute approximate surface area is 134 Å². The molecule has 2 aromatic heterocycles. The van der Waals surface area contributed by atoms with E-state index in [1.807, 2.05) is 49.2 Å². The van der Waals surface area contributed by atoms with Crippen LogP contribution in [0.4, 0.5) is 0 Å². The molecule has 1 N–H and O–H groups in total. The number of amides is 1. The lowest BCUT2D eigenvalue weighted by Gasteiger charge is -2.22. The van der Waals surface area contributed by atoms with E-state index in [9.17, 15) is 4.79 Å². The molecule has 1 amide bonds. The van der Waals surface area contributed by atoms with Gasteiger partial charge in [0.1, 0.15) is 11.4 Å². The number of aromatic amines is 1. The summed E-state index contributed by atoms with van der Waals surface area (Å²) in [5, 5.41) is 1.00. The van der Waals surface area contributed by atoms with E-state index >= 15 is 0 Å². The van der Waals surface area contributed by atoms with Crippen molar-refractivity contribution in [3.8, 4) is 0 Å². The fraction of sp³-hybridized carbons (Fsp3) is 0.333. The minimum absolute atomic E-state index is 0.00353. The number of hydrogen-bond donors (Lipinski definition) is 1. The van der Waals surface area contributed by atoms with Crippen molar-refractivity contribution in [3.63, 3.8) is 0 Å². The third kappa shape index (κ3) is 2.23. The number of nitrogens with zero attached hydrogens (tertiary/aromatic N) is 2. The SMILES string of the molecule is Cc1cnc(C2CCCN2C(=O)c2oc3ccccc3c2C)[nH]1. The normalized spacial score (nSPS) is 18.0. The molecule has 4 rings (SSSR count). The molecule has 23 heavy (non-hydrogen) atoms.